The normalized spacial score (nSPS) is 10.8. The minimum Gasteiger partial charge on any atom is -0.423 e. The number of benzene rings is 3. The van der Waals surface area contributed by atoms with Gasteiger partial charge in [-0.25, -0.2) is 4.98 Å². The van der Waals surface area contributed by atoms with Crippen LogP contribution >= 0.6 is 0 Å². The minimum atomic E-state index is -1.46. The van der Waals surface area contributed by atoms with Gasteiger partial charge in [0, 0.05) is 29.3 Å². The second kappa shape index (κ2) is 8.99. The average molecular weight is 397 g/mol. The van der Waals surface area contributed by atoms with Crippen molar-refractivity contribution in [3.8, 4) is 11.4 Å². The molecule has 0 atom stereocenters. The van der Waals surface area contributed by atoms with E-state index < -0.39 is 7.12 Å². The fourth-order valence-electron chi connectivity index (χ4n) is 3.81. The number of hydrogen-bond acceptors (Lipinski definition) is 4. The monoisotopic (exact) mass is 397 g/mol. The molecule has 0 spiro atoms. The predicted octanol–water partition coefficient (Wildman–Crippen LogP) is 3.59. The maximum Gasteiger partial charge on any atom is 0.488 e. The number of anilines is 2. The molecule has 0 aliphatic heterocycles. The molecule has 0 fully saturated rings. The van der Waals surface area contributed by atoms with Crippen LogP contribution in [0.1, 0.15) is 16.7 Å². The largest absolute Gasteiger partial charge is 0.488 e. The number of nitrogens with zero attached hydrogens (tertiary/aromatic N) is 1. The zero-order valence-corrected chi connectivity index (χ0v) is 16.8. The molecule has 0 radical (unpaired) electrons. The number of rotatable bonds is 7. The first-order chi connectivity index (χ1) is 14.6. The van der Waals surface area contributed by atoms with Crippen molar-refractivity contribution in [2.24, 2.45) is 0 Å². The Morgan fingerprint density at radius 2 is 1.57 bits per heavy atom. The second-order valence-corrected chi connectivity index (χ2v) is 7.29. The van der Waals surface area contributed by atoms with E-state index in [0.29, 0.717) is 11.9 Å². The van der Waals surface area contributed by atoms with Crippen LogP contribution < -0.4 is 10.8 Å². The van der Waals surface area contributed by atoms with Crippen molar-refractivity contribution in [3.63, 3.8) is 0 Å². The van der Waals surface area contributed by atoms with Gasteiger partial charge >= 0.3 is 7.12 Å². The smallest absolute Gasteiger partial charge is 0.423 e. The summed E-state index contributed by atoms with van der Waals surface area (Å²) in [5.41, 5.74) is 6.61. The Labute approximate surface area is 176 Å². The standard InChI is InChI=1S/C24H24BN3O2/c1-17-7-6-9-19(23(17)25(29)30)14-13-18-8-2-4-11-21(18)28-22-12-5-3-10-20(22)24-26-15-16-27-24/h2-12,15-16,28-30H,13-14H2,1H3,(H,26,27). The van der Waals surface area contributed by atoms with Gasteiger partial charge in [-0.15, -0.1) is 0 Å². The molecule has 30 heavy (non-hydrogen) atoms. The maximum absolute atomic E-state index is 9.79. The predicted molar refractivity (Wildman–Crippen MR) is 122 cm³/mol. The molecule has 0 unspecified atom stereocenters. The van der Waals surface area contributed by atoms with Crippen LogP contribution in [0.3, 0.4) is 0 Å². The van der Waals surface area contributed by atoms with Crippen molar-refractivity contribution in [1.82, 2.24) is 9.97 Å². The highest BCUT2D eigenvalue weighted by atomic mass is 16.4. The molecule has 150 valence electrons. The third kappa shape index (κ3) is 4.30. The Balaban J connectivity index is 1.59. The molecule has 0 aliphatic carbocycles. The number of hydrogen-bond donors (Lipinski definition) is 4. The number of aryl methyl sites for hydroxylation is 3. The molecule has 0 amide bonds. The molecule has 0 saturated carbocycles. The van der Waals surface area contributed by atoms with Crippen molar-refractivity contribution in [1.29, 1.82) is 0 Å². The Bertz CT molecular complexity index is 1130. The Kier molecular flexibility index (Phi) is 5.98. The summed E-state index contributed by atoms with van der Waals surface area (Å²) in [6.07, 6.45) is 5.05. The van der Waals surface area contributed by atoms with Crippen molar-refractivity contribution >= 4 is 24.0 Å². The SMILES string of the molecule is Cc1cccc(CCc2ccccc2Nc2ccccc2-c2ncc[nH]2)c1B(O)O. The van der Waals surface area contributed by atoms with Gasteiger partial charge in [0.2, 0.25) is 0 Å². The zero-order valence-electron chi connectivity index (χ0n) is 16.8. The molecule has 5 nitrogen and oxygen atoms in total. The van der Waals surface area contributed by atoms with Gasteiger partial charge in [-0.05, 0) is 54.6 Å². The molecule has 4 aromatic rings. The van der Waals surface area contributed by atoms with E-state index in [-0.39, 0.29) is 0 Å². The van der Waals surface area contributed by atoms with Crippen LogP contribution in [-0.4, -0.2) is 27.1 Å². The van der Waals surface area contributed by atoms with Crippen molar-refractivity contribution < 1.29 is 10.0 Å². The molecule has 0 saturated heterocycles. The molecule has 1 heterocycles. The molecule has 0 bridgehead atoms. The van der Waals surface area contributed by atoms with Gasteiger partial charge < -0.3 is 20.3 Å². The summed E-state index contributed by atoms with van der Waals surface area (Å²) >= 11 is 0. The molecular weight excluding hydrogens is 373 g/mol. The van der Waals surface area contributed by atoms with Gasteiger partial charge in [-0.1, -0.05) is 54.1 Å². The van der Waals surface area contributed by atoms with Crippen LogP contribution in [-0.2, 0) is 12.8 Å². The lowest BCUT2D eigenvalue weighted by Gasteiger charge is -2.16. The maximum atomic E-state index is 9.79. The molecule has 4 rings (SSSR count). The minimum absolute atomic E-state index is 0.603. The fourth-order valence-corrected chi connectivity index (χ4v) is 3.81. The van der Waals surface area contributed by atoms with Gasteiger partial charge in [0.1, 0.15) is 5.82 Å². The lowest BCUT2D eigenvalue weighted by Crippen LogP contribution is -2.35. The third-order valence-electron chi connectivity index (χ3n) is 5.30. The first kappa shape index (κ1) is 19.9. The number of nitrogens with one attached hydrogen (secondary N) is 2. The zero-order chi connectivity index (χ0) is 20.9. The van der Waals surface area contributed by atoms with E-state index >= 15 is 0 Å². The summed E-state index contributed by atoms with van der Waals surface area (Å²) < 4.78 is 0. The van der Waals surface area contributed by atoms with Crippen LogP contribution in [0.15, 0.2) is 79.1 Å². The van der Waals surface area contributed by atoms with Crippen molar-refractivity contribution in [3.05, 3.63) is 95.8 Å². The average Bonchev–Trinajstić information content (AvgIpc) is 3.28. The third-order valence-corrected chi connectivity index (χ3v) is 5.30. The van der Waals surface area contributed by atoms with Crippen LogP contribution in [0, 0.1) is 6.92 Å². The second-order valence-electron chi connectivity index (χ2n) is 7.29. The first-order valence-corrected chi connectivity index (χ1v) is 10.0. The van der Waals surface area contributed by atoms with Crippen LogP contribution in [0.2, 0.25) is 0 Å². The lowest BCUT2D eigenvalue weighted by atomic mass is 9.73. The summed E-state index contributed by atoms with van der Waals surface area (Å²) in [5, 5.41) is 23.1. The van der Waals surface area contributed by atoms with E-state index in [0.717, 1.165) is 45.9 Å². The van der Waals surface area contributed by atoms with E-state index in [1.54, 1.807) is 6.20 Å². The molecule has 3 aromatic carbocycles. The number of aromatic amines is 1. The van der Waals surface area contributed by atoms with Crippen molar-refractivity contribution in [2.45, 2.75) is 19.8 Å². The summed E-state index contributed by atoms with van der Waals surface area (Å²) in [4.78, 5) is 7.54. The quantitative estimate of drug-likeness (QED) is 0.359. The van der Waals surface area contributed by atoms with Crippen LogP contribution in [0.25, 0.3) is 11.4 Å². The number of H-pyrrole nitrogens is 1. The molecular formula is C24H24BN3O2. The summed E-state index contributed by atoms with van der Waals surface area (Å²) in [6, 6.07) is 22.1. The number of aromatic nitrogens is 2. The molecule has 6 heteroatoms. The van der Waals surface area contributed by atoms with E-state index in [9.17, 15) is 10.0 Å². The Morgan fingerprint density at radius 3 is 2.33 bits per heavy atom. The van der Waals surface area contributed by atoms with Gasteiger partial charge in [0.15, 0.2) is 0 Å². The highest BCUT2D eigenvalue weighted by Gasteiger charge is 2.18. The van der Waals surface area contributed by atoms with Gasteiger partial charge in [-0.3, -0.25) is 0 Å². The summed E-state index contributed by atoms with van der Waals surface area (Å²) in [6.45, 7) is 1.90. The van der Waals surface area contributed by atoms with E-state index in [1.807, 2.05) is 67.7 Å². The van der Waals surface area contributed by atoms with Crippen LogP contribution in [0.5, 0.6) is 0 Å². The fraction of sp³-hybridized carbons (Fsp3) is 0.125. The van der Waals surface area contributed by atoms with E-state index in [2.05, 4.69) is 27.4 Å². The topological polar surface area (TPSA) is 81.2 Å². The van der Waals surface area contributed by atoms with Gasteiger partial charge in [-0.2, -0.15) is 0 Å². The van der Waals surface area contributed by atoms with Crippen molar-refractivity contribution in [2.75, 3.05) is 5.32 Å². The Morgan fingerprint density at radius 1 is 0.867 bits per heavy atom. The summed E-state index contributed by atoms with van der Waals surface area (Å²) in [7, 11) is -1.46. The van der Waals surface area contributed by atoms with Gasteiger partial charge in [0.25, 0.3) is 0 Å². The van der Waals surface area contributed by atoms with E-state index in [4.69, 9.17) is 0 Å². The first-order valence-electron chi connectivity index (χ1n) is 10.0. The highest BCUT2D eigenvalue weighted by molar-refractivity contribution is 6.59. The number of para-hydroxylation sites is 2. The molecule has 1 aromatic heterocycles. The lowest BCUT2D eigenvalue weighted by molar-refractivity contribution is 0.425. The van der Waals surface area contributed by atoms with Crippen LogP contribution in [0.4, 0.5) is 11.4 Å². The van der Waals surface area contributed by atoms with E-state index in [1.165, 1.54) is 0 Å². The summed E-state index contributed by atoms with van der Waals surface area (Å²) in [5.74, 6) is 0.817. The molecule has 4 N–H and O–H groups in total. The Hall–Kier alpha value is -3.35. The van der Waals surface area contributed by atoms with Gasteiger partial charge in [0.05, 0.1) is 0 Å². The highest BCUT2D eigenvalue weighted by Crippen LogP contribution is 2.29. The molecule has 0 aliphatic rings. The number of imidazole rings is 1.